The highest BCUT2D eigenvalue weighted by Gasteiger charge is 2.37. The molecule has 14 heavy (non-hydrogen) atoms. The Bertz CT molecular complexity index is 300. The molecule has 2 fully saturated rings. The average molecular weight is 210 g/mol. The van der Waals surface area contributed by atoms with Crippen LogP contribution in [0.4, 0.5) is 0 Å². The molecule has 76 valence electrons. The van der Waals surface area contributed by atoms with Crippen molar-refractivity contribution in [2.24, 2.45) is 5.92 Å². The molecule has 0 spiro atoms. The van der Waals surface area contributed by atoms with E-state index < -0.39 is 0 Å². The Labute approximate surface area is 87.5 Å². The van der Waals surface area contributed by atoms with E-state index in [0.717, 1.165) is 30.7 Å². The zero-order chi connectivity index (χ0) is 9.38. The van der Waals surface area contributed by atoms with E-state index in [1.165, 1.54) is 31.0 Å². The minimum atomic E-state index is 0.747. The van der Waals surface area contributed by atoms with E-state index in [4.69, 9.17) is 0 Å². The number of rotatable bonds is 2. The number of hydrogen-bond donors (Lipinski definition) is 1. The van der Waals surface area contributed by atoms with Crippen LogP contribution in [0.3, 0.4) is 0 Å². The first-order valence-corrected chi connectivity index (χ1v) is 5.98. The molecule has 1 aromatic heterocycles. The summed E-state index contributed by atoms with van der Waals surface area (Å²) in [6.45, 7) is 4.58. The van der Waals surface area contributed by atoms with Gasteiger partial charge in [-0.05, 0) is 37.0 Å². The van der Waals surface area contributed by atoms with Gasteiger partial charge in [-0.25, -0.2) is 0 Å². The summed E-state index contributed by atoms with van der Waals surface area (Å²) in [4.78, 5) is 2.54. The SMILES string of the molecule is c1snnc1CN1CC[C@H]2CNC[C@H]21. The highest BCUT2D eigenvalue weighted by atomic mass is 32.1. The van der Waals surface area contributed by atoms with E-state index in [-0.39, 0.29) is 0 Å². The van der Waals surface area contributed by atoms with Crippen LogP contribution in [-0.2, 0) is 6.54 Å². The van der Waals surface area contributed by atoms with Crippen molar-refractivity contribution in [1.29, 1.82) is 0 Å². The number of nitrogens with one attached hydrogen (secondary N) is 1. The van der Waals surface area contributed by atoms with Crippen molar-refractivity contribution in [3.05, 3.63) is 11.1 Å². The molecule has 0 aromatic carbocycles. The highest BCUT2D eigenvalue weighted by molar-refractivity contribution is 7.03. The quantitative estimate of drug-likeness (QED) is 0.764. The van der Waals surface area contributed by atoms with E-state index in [1.807, 2.05) is 0 Å². The van der Waals surface area contributed by atoms with Crippen LogP contribution >= 0.6 is 11.5 Å². The molecule has 1 aromatic rings. The fraction of sp³-hybridized carbons (Fsp3) is 0.778. The third-order valence-corrected chi connectivity index (χ3v) is 3.88. The van der Waals surface area contributed by atoms with E-state index in [1.54, 1.807) is 0 Å². The number of fused-ring (bicyclic) bond motifs is 1. The molecule has 2 aliphatic heterocycles. The molecule has 2 saturated heterocycles. The Morgan fingerprint density at radius 3 is 3.43 bits per heavy atom. The summed E-state index contributed by atoms with van der Waals surface area (Å²) in [5.41, 5.74) is 1.13. The maximum Gasteiger partial charge on any atom is 0.0895 e. The molecule has 3 rings (SSSR count). The van der Waals surface area contributed by atoms with Gasteiger partial charge in [-0.2, -0.15) is 0 Å². The number of aromatic nitrogens is 2. The zero-order valence-corrected chi connectivity index (χ0v) is 8.83. The highest BCUT2D eigenvalue weighted by Crippen LogP contribution is 2.28. The minimum Gasteiger partial charge on any atom is -0.315 e. The van der Waals surface area contributed by atoms with Gasteiger partial charge >= 0.3 is 0 Å². The van der Waals surface area contributed by atoms with Gasteiger partial charge in [0, 0.05) is 24.5 Å². The van der Waals surface area contributed by atoms with Crippen molar-refractivity contribution >= 4 is 11.5 Å². The Balaban J connectivity index is 1.68. The van der Waals surface area contributed by atoms with Gasteiger partial charge in [0.15, 0.2) is 0 Å². The second kappa shape index (κ2) is 3.56. The van der Waals surface area contributed by atoms with Gasteiger partial charge in [0.05, 0.1) is 5.69 Å². The summed E-state index contributed by atoms with van der Waals surface area (Å²) in [5.74, 6) is 0.876. The molecule has 2 aliphatic rings. The van der Waals surface area contributed by atoms with E-state index in [9.17, 15) is 0 Å². The van der Waals surface area contributed by atoms with Gasteiger partial charge in [0.1, 0.15) is 0 Å². The second-order valence-corrected chi connectivity index (χ2v) is 4.75. The summed E-state index contributed by atoms with van der Waals surface area (Å²) >= 11 is 1.44. The molecule has 0 bridgehead atoms. The summed E-state index contributed by atoms with van der Waals surface area (Å²) in [6.07, 6.45) is 1.34. The molecule has 1 N–H and O–H groups in total. The largest absolute Gasteiger partial charge is 0.315 e. The summed E-state index contributed by atoms with van der Waals surface area (Å²) in [5, 5.41) is 9.61. The third kappa shape index (κ3) is 1.45. The maximum atomic E-state index is 4.10. The fourth-order valence-electron chi connectivity index (χ4n) is 2.60. The van der Waals surface area contributed by atoms with E-state index in [2.05, 4.69) is 25.2 Å². The van der Waals surface area contributed by atoms with Crippen molar-refractivity contribution in [2.45, 2.75) is 19.0 Å². The Morgan fingerprint density at radius 1 is 1.57 bits per heavy atom. The van der Waals surface area contributed by atoms with Crippen molar-refractivity contribution in [2.75, 3.05) is 19.6 Å². The maximum absolute atomic E-state index is 4.10. The predicted octanol–water partition coefficient (Wildman–Crippen LogP) is 0.332. The molecule has 5 heteroatoms. The van der Waals surface area contributed by atoms with Gasteiger partial charge in [0.25, 0.3) is 0 Å². The van der Waals surface area contributed by atoms with Crippen molar-refractivity contribution < 1.29 is 0 Å². The van der Waals surface area contributed by atoms with Crippen molar-refractivity contribution in [3.8, 4) is 0 Å². The minimum absolute atomic E-state index is 0.747. The number of likely N-dealkylation sites (tertiary alicyclic amines) is 1. The molecule has 0 radical (unpaired) electrons. The normalized spacial score (nSPS) is 32.3. The standard InChI is InChI=1S/C9H14N4S/c1-2-13(5-8-6-14-12-11-8)9-4-10-3-7(1)9/h6-7,9-10H,1-5H2/t7-,9+/m0/s1. The van der Waals surface area contributed by atoms with Gasteiger partial charge in [-0.15, -0.1) is 5.10 Å². The molecular weight excluding hydrogens is 196 g/mol. The molecule has 4 nitrogen and oxygen atoms in total. The molecule has 3 heterocycles. The summed E-state index contributed by atoms with van der Waals surface area (Å²) < 4.78 is 3.90. The van der Waals surface area contributed by atoms with Gasteiger partial charge in [-0.3, -0.25) is 4.90 Å². The van der Waals surface area contributed by atoms with Gasteiger partial charge < -0.3 is 5.32 Å². The number of hydrogen-bond acceptors (Lipinski definition) is 5. The summed E-state index contributed by atoms with van der Waals surface area (Å²) in [6, 6.07) is 0.747. The monoisotopic (exact) mass is 210 g/mol. The molecule has 0 saturated carbocycles. The molecule has 0 amide bonds. The Hall–Kier alpha value is -0.520. The first-order chi connectivity index (χ1) is 6.93. The second-order valence-electron chi connectivity index (χ2n) is 4.14. The molecule has 0 unspecified atom stereocenters. The fourth-order valence-corrected chi connectivity index (χ4v) is 3.04. The van der Waals surface area contributed by atoms with Crippen LogP contribution in [0.25, 0.3) is 0 Å². The van der Waals surface area contributed by atoms with Crippen LogP contribution in [0.2, 0.25) is 0 Å². The smallest absolute Gasteiger partial charge is 0.0895 e. The first-order valence-electron chi connectivity index (χ1n) is 5.14. The lowest BCUT2D eigenvalue weighted by Crippen LogP contribution is -2.33. The topological polar surface area (TPSA) is 41.1 Å². The van der Waals surface area contributed by atoms with Crippen LogP contribution in [0, 0.1) is 5.92 Å². The third-order valence-electron chi connectivity index (χ3n) is 3.33. The van der Waals surface area contributed by atoms with Crippen LogP contribution < -0.4 is 5.32 Å². The van der Waals surface area contributed by atoms with Crippen molar-refractivity contribution in [3.63, 3.8) is 0 Å². The number of nitrogens with zero attached hydrogens (tertiary/aromatic N) is 3. The average Bonchev–Trinajstić information content (AvgIpc) is 2.85. The first kappa shape index (κ1) is 8.76. The zero-order valence-electron chi connectivity index (χ0n) is 8.02. The predicted molar refractivity (Wildman–Crippen MR) is 55.1 cm³/mol. The lowest BCUT2D eigenvalue weighted by atomic mass is 10.1. The molecule has 0 aliphatic carbocycles. The Kier molecular flexibility index (Phi) is 2.23. The summed E-state index contributed by atoms with van der Waals surface area (Å²) in [7, 11) is 0. The van der Waals surface area contributed by atoms with Crippen LogP contribution in [0.15, 0.2) is 5.38 Å². The Morgan fingerprint density at radius 2 is 2.57 bits per heavy atom. The van der Waals surface area contributed by atoms with E-state index in [0.29, 0.717) is 0 Å². The van der Waals surface area contributed by atoms with E-state index >= 15 is 0 Å². The van der Waals surface area contributed by atoms with Crippen molar-refractivity contribution in [1.82, 2.24) is 19.8 Å². The lowest BCUT2D eigenvalue weighted by molar-refractivity contribution is 0.241. The van der Waals surface area contributed by atoms with Crippen LogP contribution in [-0.4, -0.2) is 40.2 Å². The van der Waals surface area contributed by atoms with Gasteiger partial charge in [0.2, 0.25) is 0 Å². The van der Waals surface area contributed by atoms with Gasteiger partial charge in [-0.1, -0.05) is 4.49 Å². The van der Waals surface area contributed by atoms with Crippen LogP contribution in [0.1, 0.15) is 12.1 Å². The molecular formula is C9H14N4S. The van der Waals surface area contributed by atoms with Crippen LogP contribution in [0.5, 0.6) is 0 Å². The molecule has 2 atom stereocenters. The lowest BCUT2D eigenvalue weighted by Gasteiger charge is -2.21.